The lowest BCUT2D eigenvalue weighted by Crippen LogP contribution is -2.50. The SMILES string of the molecule is CCCCOC(=O)CN1CCN(CC2CN(c3ccc(C(=N)NC(=O)NCC(=O)OCC)cc3)C(=O)O2)CC1. The van der Waals surface area contributed by atoms with Crippen molar-refractivity contribution >= 4 is 35.6 Å². The highest BCUT2D eigenvalue weighted by Crippen LogP contribution is 2.23. The van der Waals surface area contributed by atoms with E-state index in [2.05, 4.69) is 27.4 Å². The fraction of sp³-hybridized carbons (Fsp3) is 0.577. The molecular weight excluding hydrogens is 508 g/mol. The fourth-order valence-corrected chi connectivity index (χ4v) is 4.21. The Labute approximate surface area is 228 Å². The Morgan fingerprint density at radius 1 is 1.03 bits per heavy atom. The zero-order valence-corrected chi connectivity index (χ0v) is 22.6. The van der Waals surface area contributed by atoms with E-state index in [0.29, 0.717) is 37.5 Å². The van der Waals surface area contributed by atoms with Crippen LogP contribution in [0.4, 0.5) is 15.3 Å². The molecule has 2 heterocycles. The molecule has 13 heteroatoms. The Morgan fingerprint density at radius 2 is 1.72 bits per heavy atom. The van der Waals surface area contributed by atoms with E-state index in [4.69, 9.17) is 19.6 Å². The molecule has 0 bridgehead atoms. The van der Waals surface area contributed by atoms with Crippen LogP contribution in [0.1, 0.15) is 32.3 Å². The second-order valence-electron chi connectivity index (χ2n) is 9.30. The number of esters is 2. The first-order valence-electron chi connectivity index (χ1n) is 13.3. The minimum absolute atomic E-state index is 0.154. The summed E-state index contributed by atoms with van der Waals surface area (Å²) in [5.41, 5.74) is 1.05. The van der Waals surface area contributed by atoms with Gasteiger partial charge in [0.2, 0.25) is 0 Å². The van der Waals surface area contributed by atoms with Crippen LogP contribution in [0.15, 0.2) is 24.3 Å². The zero-order valence-electron chi connectivity index (χ0n) is 22.6. The average Bonchev–Trinajstić information content (AvgIpc) is 3.28. The molecule has 3 amide bonds. The number of ether oxygens (including phenoxy) is 3. The standard InChI is InChI=1S/C26H38N6O7/c1-3-5-14-38-23(34)18-31-12-10-30(11-13-31)16-21-17-32(26(36)39-21)20-8-6-19(7-9-20)24(27)29-25(35)28-15-22(33)37-4-2/h6-9,21H,3-5,10-18H2,1-2H3,(H3,27,28,29,35). The van der Waals surface area contributed by atoms with Gasteiger partial charge in [-0.25, -0.2) is 9.59 Å². The summed E-state index contributed by atoms with van der Waals surface area (Å²) in [6.07, 6.45) is 1.14. The molecule has 1 aromatic carbocycles. The number of nitrogens with zero attached hydrogens (tertiary/aromatic N) is 3. The molecule has 1 atom stereocenters. The number of carbonyl (C=O) groups excluding carboxylic acids is 4. The lowest BCUT2D eigenvalue weighted by Gasteiger charge is -2.34. The molecule has 2 aliphatic heterocycles. The highest BCUT2D eigenvalue weighted by atomic mass is 16.6. The predicted molar refractivity (Wildman–Crippen MR) is 143 cm³/mol. The van der Waals surface area contributed by atoms with E-state index in [1.54, 1.807) is 36.1 Å². The maximum Gasteiger partial charge on any atom is 0.414 e. The Balaban J connectivity index is 1.41. The Kier molecular flexibility index (Phi) is 11.5. The third kappa shape index (κ3) is 9.52. The van der Waals surface area contributed by atoms with Crippen molar-refractivity contribution < 1.29 is 33.4 Å². The number of piperazine rings is 1. The quantitative estimate of drug-likeness (QED) is 0.115. The molecule has 1 unspecified atom stereocenters. The molecule has 1 aromatic rings. The summed E-state index contributed by atoms with van der Waals surface area (Å²) in [4.78, 5) is 53.5. The Hall–Kier alpha value is -3.71. The maximum absolute atomic E-state index is 12.5. The summed E-state index contributed by atoms with van der Waals surface area (Å²) in [6, 6.07) is 5.91. The van der Waals surface area contributed by atoms with Crippen molar-refractivity contribution in [2.45, 2.75) is 32.8 Å². The molecule has 13 nitrogen and oxygen atoms in total. The number of benzene rings is 1. The van der Waals surface area contributed by atoms with E-state index in [-0.39, 0.29) is 31.1 Å². The normalized spacial score (nSPS) is 17.8. The van der Waals surface area contributed by atoms with Gasteiger partial charge in [-0.15, -0.1) is 0 Å². The predicted octanol–water partition coefficient (Wildman–Crippen LogP) is 1.16. The van der Waals surface area contributed by atoms with E-state index in [0.717, 1.165) is 39.0 Å². The summed E-state index contributed by atoms with van der Waals surface area (Å²) in [7, 11) is 0. The molecule has 0 radical (unpaired) electrons. The van der Waals surface area contributed by atoms with Crippen molar-refractivity contribution in [3.8, 4) is 0 Å². The zero-order chi connectivity index (χ0) is 28.2. The third-order valence-corrected chi connectivity index (χ3v) is 6.32. The second kappa shape index (κ2) is 15.0. The number of amidine groups is 1. The molecule has 2 saturated heterocycles. The number of hydrogen-bond donors (Lipinski definition) is 3. The van der Waals surface area contributed by atoms with Crippen LogP contribution in [0.5, 0.6) is 0 Å². The largest absolute Gasteiger partial charge is 0.465 e. The molecule has 0 spiro atoms. The number of rotatable bonds is 12. The first-order valence-corrected chi connectivity index (χ1v) is 13.3. The van der Waals surface area contributed by atoms with E-state index in [9.17, 15) is 19.2 Å². The van der Waals surface area contributed by atoms with Gasteiger partial charge in [-0.2, -0.15) is 0 Å². The minimum atomic E-state index is -0.698. The second-order valence-corrected chi connectivity index (χ2v) is 9.30. The van der Waals surface area contributed by atoms with Gasteiger partial charge in [-0.3, -0.25) is 35.0 Å². The molecule has 39 heavy (non-hydrogen) atoms. The van der Waals surface area contributed by atoms with Crippen LogP contribution in [0.25, 0.3) is 0 Å². The Bertz CT molecular complexity index is 1010. The third-order valence-electron chi connectivity index (χ3n) is 6.32. The van der Waals surface area contributed by atoms with Crippen molar-refractivity contribution in [2.75, 3.05) is 70.5 Å². The van der Waals surface area contributed by atoms with Gasteiger partial charge in [0.15, 0.2) is 0 Å². The first-order chi connectivity index (χ1) is 18.8. The first kappa shape index (κ1) is 29.8. The van der Waals surface area contributed by atoms with E-state index in [1.165, 1.54) is 0 Å². The van der Waals surface area contributed by atoms with Gasteiger partial charge >= 0.3 is 24.1 Å². The van der Waals surface area contributed by atoms with E-state index < -0.39 is 18.1 Å². The molecule has 2 fully saturated rings. The molecule has 2 aliphatic rings. The minimum Gasteiger partial charge on any atom is -0.465 e. The maximum atomic E-state index is 12.5. The van der Waals surface area contributed by atoms with Crippen molar-refractivity contribution in [1.29, 1.82) is 5.41 Å². The molecule has 214 valence electrons. The van der Waals surface area contributed by atoms with Crippen LogP contribution in [-0.4, -0.2) is 111 Å². The number of urea groups is 1. The fourth-order valence-electron chi connectivity index (χ4n) is 4.21. The lowest BCUT2D eigenvalue weighted by molar-refractivity contribution is -0.145. The van der Waals surface area contributed by atoms with Crippen LogP contribution < -0.4 is 15.5 Å². The van der Waals surface area contributed by atoms with Crippen molar-refractivity contribution in [2.24, 2.45) is 0 Å². The van der Waals surface area contributed by atoms with Crippen molar-refractivity contribution in [1.82, 2.24) is 20.4 Å². The van der Waals surface area contributed by atoms with E-state index >= 15 is 0 Å². The molecule has 0 aliphatic carbocycles. The molecular formula is C26H38N6O7. The summed E-state index contributed by atoms with van der Waals surface area (Å²) in [5, 5.41) is 12.8. The monoisotopic (exact) mass is 546 g/mol. The smallest absolute Gasteiger partial charge is 0.414 e. The number of carbonyl (C=O) groups is 4. The summed E-state index contributed by atoms with van der Waals surface area (Å²) in [5.74, 6) is -0.911. The highest BCUT2D eigenvalue weighted by molar-refractivity contribution is 6.06. The molecule has 3 N–H and O–H groups in total. The topological polar surface area (TPSA) is 154 Å². The molecule has 0 saturated carbocycles. The number of nitrogens with one attached hydrogen (secondary N) is 3. The van der Waals surface area contributed by atoms with Gasteiger partial charge in [0.25, 0.3) is 0 Å². The van der Waals surface area contributed by atoms with Gasteiger partial charge in [0.05, 0.1) is 26.3 Å². The van der Waals surface area contributed by atoms with Crippen LogP contribution in [0.2, 0.25) is 0 Å². The van der Waals surface area contributed by atoms with Gasteiger partial charge in [0, 0.05) is 44.0 Å². The van der Waals surface area contributed by atoms with Crippen LogP contribution >= 0.6 is 0 Å². The van der Waals surface area contributed by atoms with Crippen molar-refractivity contribution in [3.05, 3.63) is 29.8 Å². The number of hydrogen-bond acceptors (Lipinski definition) is 10. The van der Waals surface area contributed by atoms with E-state index in [1.807, 2.05) is 0 Å². The van der Waals surface area contributed by atoms with Crippen LogP contribution in [0, 0.1) is 5.41 Å². The van der Waals surface area contributed by atoms with Gasteiger partial charge in [-0.1, -0.05) is 13.3 Å². The Morgan fingerprint density at radius 3 is 2.38 bits per heavy atom. The highest BCUT2D eigenvalue weighted by Gasteiger charge is 2.34. The molecule has 0 aromatic heterocycles. The number of anilines is 1. The summed E-state index contributed by atoms with van der Waals surface area (Å²) < 4.78 is 15.6. The van der Waals surface area contributed by atoms with Crippen molar-refractivity contribution in [3.63, 3.8) is 0 Å². The lowest BCUT2D eigenvalue weighted by atomic mass is 10.1. The molecule has 3 rings (SSSR count). The van der Waals surface area contributed by atoms with Gasteiger partial charge < -0.3 is 19.5 Å². The number of cyclic esters (lactones) is 1. The summed E-state index contributed by atoms with van der Waals surface area (Å²) in [6.45, 7) is 8.43. The van der Waals surface area contributed by atoms with Gasteiger partial charge in [-0.05, 0) is 37.6 Å². The number of amides is 3. The number of unbranched alkanes of at least 4 members (excludes halogenated alkanes) is 1. The summed E-state index contributed by atoms with van der Waals surface area (Å²) >= 11 is 0. The van der Waals surface area contributed by atoms with Crippen LogP contribution in [-0.2, 0) is 23.8 Å². The van der Waals surface area contributed by atoms with Crippen LogP contribution in [0.3, 0.4) is 0 Å². The average molecular weight is 547 g/mol. The van der Waals surface area contributed by atoms with Gasteiger partial charge in [0.1, 0.15) is 18.5 Å².